The largest absolute Gasteiger partial charge is 0.481 e. The first-order valence-corrected chi connectivity index (χ1v) is 7.91. The molecule has 1 aliphatic heterocycles. The molecule has 124 valence electrons. The summed E-state index contributed by atoms with van der Waals surface area (Å²) in [5.74, 6) is -0.976. The molecule has 1 N–H and O–H groups in total. The van der Waals surface area contributed by atoms with Gasteiger partial charge in [0.25, 0.3) is 0 Å². The van der Waals surface area contributed by atoms with Crippen LogP contribution in [0.3, 0.4) is 0 Å². The third-order valence-electron chi connectivity index (χ3n) is 4.66. The molecular formula is C15H24N2O5. The van der Waals surface area contributed by atoms with E-state index >= 15 is 0 Å². The summed E-state index contributed by atoms with van der Waals surface area (Å²) < 4.78 is 4.94. The number of hydrogen-bond donors (Lipinski definition) is 1. The highest BCUT2D eigenvalue weighted by atomic mass is 16.6. The molecule has 7 heteroatoms. The maximum absolute atomic E-state index is 12.4. The molecule has 0 bridgehead atoms. The third kappa shape index (κ3) is 3.51. The molecule has 7 nitrogen and oxygen atoms in total. The average molecular weight is 312 g/mol. The van der Waals surface area contributed by atoms with Gasteiger partial charge in [-0.3, -0.25) is 9.59 Å². The molecule has 2 fully saturated rings. The number of carbonyl (C=O) groups is 3. The Kier molecular flexibility index (Phi) is 5.26. The summed E-state index contributed by atoms with van der Waals surface area (Å²) in [6.07, 6.45) is 2.62. The Hall–Kier alpha value is -1.79. The van der Waals surface area contributed by atoms with Crippen molar-refractivity contribution >= 4 is 18.0 Å². The Balaban J connectivity index is 1.87. The number of nitrogens with zero attached hydrogens (tertiary/aromatic N) is 2. The van der Waals surface area contributed by atoms with Crippen molar-refractivity contribution in [1.82, 2.24) is 9.80 Å². The van der Waals surface area contributed by atoms with Gasteiger partial charge in [-0.2, -0.15) is 0 Å². The highest BCUT2D eigenvalue weighted by Gasteiger charge is 2.44. The number of piperazine rings is 1. The summed E-state index contributed by atoms with van der Waals surface area (Å²) in [5.41, 5.74) is -0.880. The second kappa shape index (κ2) is 6.98. The fourth-order valence-corrected chi connectivity index (χ4v) is 3.27. The minimum atomic E-state index is -0.880. The quantitative estimate of drug-likeness (QED) is 0.846. The van der Waals surface area contributed by atoms with Crippen LogP contribution < -0.4 is 0 Å². The molecule has 0 radical (unpaired) electrons. The van der Waals surface area contributed by atoms with E-state index in [4.69, 9.17) is 4.74 Å². The summed E-state index contributed by atoms with van der Waals surface area (Å²) in [5, 5.41) is 9.44. The summed E-state index contributed by atoms with van der Waals surface area (Å²) in [6.45, 7) is 3.83. The molecule has 2 rings (SSSR count). The second-order valence-corrected chi connectivity index (χ2v) is 6.04. The molecule has 2 amide bonds. The minimum absolute atomic E-state index is 0.0712. The van der Waals surface area contributed by atoms with E-state index in [0.717, 1.165) is 12.8 Å². The molecule has 1 aliphatic carbocycles. The first-order valence-electron chi connectivity index (χ1n) is 7.91. The van der Waals surface area contributed by atoms with E-state index in [2.05, 4.69) is 0 Å². The normalized spacial score (nSPS) is 20.8. The molecule has 1 saturated heterocycles. The number of aliphatic carboxylic acids is 1. The van der Waals surface area contributed by atoms with Gasteiger partial charge in [-0.15, -0.1) is 0 Å². The molecule has 1 saturated carbocycles. The molecule has 0 atom stereocenters. The lowest BCUT2D eigenvalue weighted by molar-refractivity contribution is -0.153. The van der Waals surface area contributed by atoms with Crippen molar-refractivity contribution in [2.24, 2.45) is 5.41 Å². The van der Waals surface area contributed by atoms with Gasteiger partial charge in [0.1, 0.15) is 0 Å². The molecule has 1 heterocycles. The maximum atomic E-state index is 12.4. The smallest absolute Gasteiger partial charge is 0.409 e. The summed E-state index contributed by atoms with van der Waals surface area (Å²) in [7, 11) is 0. The fourth-order valence-electron chi connectivity index (χ4n) is 3.27. The van der Waals surface area contributed by atoms with Crippen molar-refractivity contribution in [2.75, 3.05) is 32.8 Å². The molecule has 0 aromatic rings. The first-order chi connectivity index (χ1) is 10.5. The molecular weight excluding hydrogens is 288 g/mol. The molecule has 0 unspecified atom stereocenters. The van der Waals surface area contributed by atoms with Crippen molar-refractivity contribution in [3.8, 4) is 0 Å². The van der Waals surface area contributed by atoms with E-state index in [9.17, 15) is 19.5 Å². The van der Waals surface area contributed by atoms with Crippen molar-refractivity contribution in [3.63, 3.8) is 0 Å². The number of amides is 2. The van der Waals surface area contributed by atoms with E-state index in [-0.39, 0.29) is 18.4 Å². The molecule has 2 aliphatic rings. The zero-order valence-corrected chi connectivity index (χ0v) is 13.0. The standard InChI is InChI=1S/C15H24N2O5/c1-2-22-14(21)17-9-7-16(8-10-17)12(18)11-15(13(19)20)5-3-4-6-15/h2-11H2,1H3,(H,19,20). The van der Waals surface area contributed by atoms with Gasteiger partial charge in [0.2, 0.25) is 5.91 Å². The third-order valence-corrected chi connectivity index (χ3v) is 4.66. The highest BCUT2D eigenvalue weighted by molar-refractivity contribution is 5.85. The van der Waals surface area contributed by atoms with Crippen molar-refractivity contribution in [2.45, 2.75) is 39.0 Å². The SMILES string of the molecule is CCOC(=O)N1CCN(C(=O)CC2(C(=O)O)CCCC2)CC1. The summed E-state index contributed by atoms with van der Waals surface area (Å²) in [6, 6.07) is 0. The Morgan fingerprint density at radius 3 is 2.09 bits per heavy atom. The number of carbonyl (C=O) groups excluding carboxylic acids is 2. The van der Waals surface area contributed by atoms with Crippen LogP contribution in [0.1, 0.15) is 39.0 Å². The lowest BCUT2D eigenvalue weighted by Gasteiger charge is -2.35. The average Bonchev–Trinajstić information content (AvgIpc) is 2.97. The molecule has 0 aromatic heterocycles. The van der Waals surface area contributed by atoms with E-state index in [1.165, 1.54) is 0 Å². The predicted octanol–water partition coefficient (Wildman–Crippen LogP) is 1.32. The second-order valence-electron chi connectivity index (χ2n) is 6.04. The lowest BCUT2D eigenvalue weighted by Crippen LogP contribution is -2.51. The number of ether oxygens (including phenoxy) is 1. The van der Waals surface area contributed by atoms with Crippen LogP contribution >= 0.6 is 0 Å². The molecule has 22 heavy (non-hydrogen) atoms. The predicted molar refractivity (Wildman–Crippen MR) is 78.3 cm³/mol. The number of carboxylic acid groups (broad SMARTS) is 1. The summed E-state index contributed by atoms with van der Waals surface area (Å²) in [4.78, 5) is 38.8. The lowest BCUT2D eigenvalue weighted by atomic mass is 9.82. The van der Waals surface area contributed by atoms with E-state index < -0.39 is 11.4 Å². The van der Waals surface area contributed by atoms with Crippen LogP contribution in [0.2, 0.25) is 0 Å². The van der Waals surface area contributed by atoms with E-state index in [1.54, 1.807) is 16.7 Å². The number of hydrogen-bond acceptors (Lipinski definition) is 4. The van der Waals surface area contributed by atoms with Gasteiger partial charge in [0.05, 0.1) is 12.0 Å². The topological polar surface area (TPSA) is 87.2 Å². The Labute approximate surface area is 130 Å². The van der Waals surface area contributed by atoms with Crippen molar-refractivity contribution in [3.05, 3.63) is 0 Å². The number of rotatable bonds is 4. The van der Waals surface area contributed by atoms with Gasteiger partial charge in [-0.05, 0) is 19.8 Å². The Morgan fingerprint density at radius 1 is 1.05 bits per heavy atom. The van der Waals surface area contributed by atoms with E-state index in [0.29, 0.717) is 45.6 Å². The maximum Gasteiger partial charge on any atom is 0.409 e. The van der Waals surface area contributed by atoms with Gasteiger partial charge >= 0.3 is 12.1 Å². The van der Waals surface area contributed by atoms with Crippen molar-refractivity contribution in [1.29, 1.82) is 0 Å². The van der Waals surface area contributed by atoms with Gasteiger partial charge < -0.3 is 19.6 Å². The van der Waals surface area contributed by atoms with Crippen LogP contribution in [0, 0.1) is 5.41 Å². The first kappa shape index (κ1) is 16.6. The molecule has 0 spiro atoms. The Morgan fingerprint density at radius 2 is 1.59 bits per heavy atom. The van der Waals surface area contributed by atoms with Crippen molar-refractivity contribution < 1.29 is 24.2 Å². The van der Waals surface area contributed by atoms with Crippen LogP contribution in [0.4, 0.5) is 4.79 Å². The monoisotopic (exact) mass is 312 g/mol. The van der Waals surface area contributed by atoms with Crippen LogP contribution in [0.25, 0.3) is 0 Å². The van der Waals surface area contributed by atoms with Gasteiger partial charge in [-0.25, -0.2) is 4.79 Å². The van der Waals surface area contributed by atoms with E-state index in [1.807, 2.05) is 0 Å². The van der Waals surface area contributed by atoms with Gasteiger partial charge in [-0.1, -0.05) is 12.8 Å². The zero-order chi connectivity index (χ0) is 16.2. The van der Waals surface area contributed by atoms with Crippen LogP contribution in [-0.4, -0.2) is 65.7 Å². The van der Waals surface area contributed by atoms with Crippen LogP contribution in [0.15, 0.2) is 0 Å². The fraction of sp³-hybridized carbons (Fsp3) is 0.800. The van der Waals surface area contributed by atoms with Gasteiger partial charge in [0.15, 0.2) is 0 Å². The number of carboxylic acids is 1. The highest BCUT2D eigenvalue weighted by Crippen LogP contribution is 2.41. The molecule has 0 aromatic carbocycles. The van der Waals surface area contributed by atoms with Crippen LogP contribution in [0.5, 0.6) is 0 Å². The zero-order valence-electron chi connectivity index (χ0n) is 13.0. The van der Waals surface area contributed by atoms with Crippen LogP contribution in [-0.2, 0) is 14.3 Å². The Bertz CT molecular complexity index is 437. The minimum Gasteiger partial charge on any atom is -0.481 e. The van der Waals surface area contributed by atoms with Gasteiger partial charge in [0, 0.05) is 32.6 Å². The summed E-state index contributed by atoms with van der Waals surface area (Å²) >= 11 is 0.